The Morgan fingerprint density at radius 2 is 1.41 bits per heavy atom. The van der Waals surface area contributed by atoms with Crippen molar-refractivity contribution in [3.8, 4) is 5.75 Å². The van der Waals surface area contributed by atoms with Gasteiger partial charge in [-0.25, -0.2) is 0 Å². The fourth-order valence-corrected chi connectivity index (χ4v) is 3.98. The lowest BCUT2D eigenvalue weighted by Crippen LogP contribution is -2.30. The summed E-state index contributed by atoms with van der Waals surface area (Å²) in [4.78, 5) is 36.5. The minimum Gasteiger partial charge on any atom is -0.487 e. The van der Waals surface area contributed by atoms with Crippen LogP contribution < -0.4 is 4.74 Å². The number of halogens is 1. The van der Waals surface area contributed by atoms with Crippen molar-refractivity contribution in [2.75, 3.05) is 13.2 Å². The van der Waals surface area contributed by atoms with Gasteiger partial charge >= 0.3 is 5.69 Å². The van der Waals surface area contributed by atoms with Gasteiger partial charge < -0.3 is 4.74 Å². The first-order valence-electron chi connectivity index (χ1n) is 11.0. The fourth-order valence-electron chi connectivity index (χ4n) is 3.81. The van der Waals surface area contributed by atoms with Gasteiger partial charge in [0.25, 0.3) is 11.8 Å². The first-order valence-corrected chi connectivity index (χ1v) is 11.4. The number of nitro groups is 1. The van der Waals surface area contributed by atoms with Gasteiger partial charge in [-0.05, 0) is 37.1 Å². The summed E-state index contributed by atoms with van der Waals surface area (Å²) < 4.78 is 5.54. The van der Waals surface area contributed by atoms with E-state index in [4.69, 9.17) is 16.3 Å². The van der Waals surface area contributed by atoms with Crippen LogP contribution in [0, 0.1) is 10.1 Å². The van der Waals surface area contributed by atoms with Crippen molar-refractivity contribution in [3.05, 3.63) is 68.7 Å². The number of nitrogens with zero attached hydrogens (tertiary/aromatic N) is 2. The van der Waals surface area contributed by atoms with Gasteiger partial charge in [0.1, 0.15) is 0 Å². The highest BCUT2D eigenvalue weighted by Gasteiger charge is 2.34. The van der Waals surface area contributed by atoms with Crippen LogP contribution in [0.1, 0.15) is 72.1 Å². The molecule has 0 aromatic heterocycles. The van der Waals surface area contributed by atoms with E-state index in [1.54, 1.807) is 30.3 Å². The zero-order valence-electron chi connectivity index (χ0n) is 17.9. The standard InChI is InChI=1S/C24H27ClN2O5/c25-18-13-14-22(21(17-18)27(30)31)32-16-10-6-4-2-1-3-5-9-15-26-23(28)19-11-7-8-12-20(19)24(26)29/h7-8,11-14,17H,1-6,9-10,15-16H2. The zero-order chi connectivity index (χ0) is 22.9. The van der Waals surface area contributed by atoms with E-state index in [1.165, 1.54) is 17.0 Å². The number of imide groups is 1. The summed E-state index contributed by atoms with van der Waals surface area (Å²) in [6, 6.07) is 11.4. The van der Waals surface area contributed by atoms with Crippen LogP contribution in [0.3, 0.4) is 0 Å². The number of carbonyl (C=O) groups excluding carboxylic acids is 2. The van der Waals surface area contributed by atoms with E-state index >= 15 is 0 Å². The number of carbonyl (C=O) groups is 2. The fraction of sp³-hybridized carbons (Fsp3) is 0.417. The Bertz CT molecular complexity index is 944. The molecule has 2 amide bonds. The molecule has 7 nitrogen and oxygen atoms in total. The molecule has 1 aliphatic heterocycles. The average molecular weight is 459 g/mol. The predicted octanol–water partition coefficient (Wildman–Crippen LogP) is 6.04. The van der Waals surface area contributed by atoms with Gasteiger partial charge in [0.15, 0.2) is 5.75 Å². The summed E-state index contributed by atoms with van der Waals surface area (Å²) in [6.07, 6.45) is 7.98. The summed E-state index contributed by atoms with van der Waals surface area (Å²) >= 11 is 5.80. The van der Waals surface area contributed by atoms with Crippen LogP contribution in [0.25, 0.3) is 0 Å². The number of amides is 2. The van der Waals surface area contributed by atoms with Crippen LogP contribution in [-0.2, 0) is 0 Å². The van der Waals surface area contributed by atoms with Crippen molar-refractivity contribution in [2.24, 2.45) is 0 Å². The van der Waals surface area contributed by atoms with Gasteiger partial charge in [-0.15, -0.1) is 0 Å². The number of hydrogen-bond donors (Lipinski definition) is 0. The van der Waals surface area contributed by atoms with Crippen LogP contribution in [0.5, 0.6) is 5.75 Å². The Morgan fingerprint density at radius 3 is 2.00 bits per heavy atom. The maximum absolute atomic E-state index is 12.3. The van der Waals surface area contributed by atoms with E-state index < -0.39 is 4.92 Å². The van der Waals surface area contributed by atoms with Crippen molar-refractivity contribution in [1.29, 1.82) is 0 Å². The Balaban J connectivity index is 1.22. The minimum atomic E-state index is -0.490. The zero-order valence-corrected chi connectivity index (χ0v) is 18.7. The number of benzene rings is 2. The smallest absolute Gasteiger partial charge is 0.312 e. The van der Waals surface area contributed by atoms with Gasteiger partial charge in [0.2, 0.25) is 0 Å². The van der Waals surface area contributed by atoms with Gasteiger partial charge in [-0.1, -0.05) is 62.3 Å². The molecule has 3 rings (SSSR count). The predicted molar refractivity (Wildman–Crippen MR) is 122 cm³/mol. The van der Waals surface area contributed by atoms with Crippen molar-refractivity contribution >= 4 is 29.1 Å². The second-order valence-electron chi connectivity index (χ2n) is 7.85. The summed E-state index contributed by atoms with van der Waals surface area (Å²) in [6.45, 7) is 0.906. The highest BCUT2D eigenvalue weighted by atomic mass is 35.5. The molecule has 0 spiro atoms. The molecule has 0 unspecified atom stereocenters. The molecule has 8 heteroatoms. The van der Waals surface area contributed by atoms with Gasteiger partial charge in [0, 0.05) is 17.6 Å². The second kappa shape index (κ2) is 11.6. The number of ether oxygens (including phenoxy) is 1. The van der Waals surface area contributed by atoms with Gasteiger partial charge in [-0.2, -0.15) is 0 Å². The molecule has 170 valence electrons. The van der Waals surface area contributed by atoms with E-state index in [0.29, 0.717) is 29.3 Å². The third-order valence-electron chi connectivity index (χ3n) is 5.53. The highest BCUT2D eigenvalue weighted by Crippen LogP contribution is 2.30. The molecule has 1 aliphatic rings. The number of rotatable bonds is 13. The molecule has 1 heterocycles. The van der Waals surface area contributed by atoms with E-state index in [9.17, 15) is 19.7 Å². The molecule has 32 heavy (non-hydrogen) atoms. The number of unbranched alkanes of at least 4 members (excludes halogenated alkanes) is 7. The maximum Gasteiger partial charge on any atom is 0.312 e. The molecule has 0 atom stereocenters. The quantitative estimate of drug-likeness (QED) is 0.158. The Hall–Kier alpha value is -2.93. The molecular weight excluding hydrogens is 432 g/mol. The van der Waals surface area contributed by atoms with E-state index in [1.807, 2.05) is 0 Å². The van der Waals surface area contributed by atoms with Crippen LogP contribution in [0.4, 0.5) is 5.69 Å². The number of hydrogen-bond acceptors (Lipinski definition) is 5. The molecule has 0 saturated heterocycles. The van der Waals surface area contributed by atoms with Crippen LogP contribution in [0.15, 0.2) is 42.5 Å². The Kier molecular flexibility index (Phi) is 8.62. The third-order valence-corrected chi connectivity index (χ3v) is 5.76. The molecule has 0 fully saturated rings. The summed E-state index contributed by atoms with van der Waals surface area (Å²) in [7, 11) is 0. The first kappa shape index (κ1) is 23.7. The van der Waals surface area contributed by atoms with Crippen molar-refractivity contribution in [3.63, 3.8) is 0 Å². The number of fused-ring (bicyclic) bond motifs is 1. The minimum absolute atomic E-state index is 0.112. The van der Waals surface area contributed by atoms with Gasteiger partial charge in [-0.3, -0.25) is 24.6 Å². The normalized spacial score (nSPS) is 12.8. The maximum atomic E-state index is 12.3. The lowest BCUT2D eigenvalue weighted by atomic mass is 10.1. The largest absolute Gasteiger partial charge is 0.487 e. The summed E-state index contributed by atoms with van der Waals surface area (Å²) in [5.41, 5.74) is 0.901. The molecule has 0 N–H and O–H groups in total. The van der Waals surface area contributed by atoms with Crippen molar-refractivity contribution < 1.29 is 19.2 Å². The molecule has 0 aliphatic carbocycles. The van der Waals surface area contributed by atoms with Crippen LogP contribution in [-0.4, -0.2) is 34.8 Å². The second-order valence-corrected chi connectivity index (χ2v) is 8.29. The van der Waals surface area contributed by atoms with E-state index in [2.05, 4.69) is 0 Å². The number of nitro benzene ring substituents is 1. The molecule has 0 saturated carbocycles. The van der Waals surface area contributed by atoms with Crippen LogP contribution in [0.2, 0.25) is 5.02 Å². The molecule has 0 radical (unpaired) electrons. The van der Waals surface area contributed by atoms with Gasteiger partial charge in [0.05, 0.1) is 22.7 Å². The molecule has 2 aromatic rings. The van der Waals surface area contributed by atoms with Crippen molar-refractivity contribution in [2.45, 2.75) is 51.4 Å². The molecule has 2 aromatic carbocycles. The summed E-state index contributed by atoms with van der Waals surface area (Å²) in [5.74, 6) is -0.119. The van der Waals surface area contributed by atoms with E-state index in [-0.39, 0.29) is 23.3 Å². The molecule has 0 bridgehead atoms. The first-order chi connectivity index (χ1) is 15.5. The lowest BCUT2D eigenvalue weighted by Gasteiger charge is -2.13. The topological polar surface area (TPSA) is 89.8 Å². The van der Waals surface area contributed by atoms with E-state index in [0.717, 1.165) is 51.4 Å². The molecular formula is C24H27ClN2O5. The summed E-state index contributed by atoms with van der Waals surface area (Å²) in [5, 5.41) is 11.4. The Labute approximate surface area is 192 Å². The SMILES string of the molecule is O=C1c2ccccc2C(=O)N1CCCCCCCCCCOc1ccc(Cl)cc1[N+](=O)[O-]. The van der Waals surface area contributed by atoms with Crippen LogP contribution >= 0.6 is 11.6 Å². The third kappa shape index (κ3) is 6.07. The Morgan fingerprint density at radius 1 is 0.844 bits per heavy atom. The monoisotopic (exact) mass is 458 g/mol. The van der Waals surface area contributed by atoms with Crippen molar-refractivity contribution in [1.82, 2.24) is 4.90 Å². The highest BCUT2D eigenvalue weighted by molar-refractivity contribution is 6.30. The lowest BCUT2D eigenvalue weighted by molar-refractivity contribution is -0.385. The average Bonchev–Trinajstić information content (AvgIpc) is 3.03.